The molecule has 1 atom stereocenters. The van der Waals surface area contributed by atoms with Gasteiger partial charge in [-0.05, 0) is 50.4 Å². The summed E-state index contributed by atoms with van der Waals surface area (Å²) < 4.78 is 0. The molecule has 19 heavy (non-hydrogen) atoms. The highest BCUT2D eigenvalue weighted by molar-refractivity contribution is 7.11. The Morgan fingerprint density at radius 1 is 1.26 bits per heavy atom. The molecule has 0 spiro atoms. The lowest BCUT2D eigenvalue weighted by Crippen LogP contribution is -2.19. The first-order chi connectivity index (χ1) is 9.31. The summed E-state index contributed by atoms with van der Waals surface area (Å²) in [6.45, 7) is 10.5. The summed E-state index contributed by atoms with van der Waals surface area (Å²) in [5.41, 5.74) is 0. The molecule has 1 saturated heterocycles. The van der Waals surface area contributed by atoms with E-state index in [0.717, 1.165) is 19.0 Å². The third-order valence-electron chi connectivity index (χ3n) is 3.89. The van der Waals surface area contributed by atoms with Crippen LogP contribution in [0.5, 0.6) is 0 Å². The normalized spacial score (nSPS) is 20.2. The minimum Gasteiger partial charge on any atom is -0.312 e. The van der Waals surface area contributed by atoms with Gasteiger partial charge in [-0.1, -0.05) is 20.3 Å². The third kappa shape index (κ3) is 4.90. The maximum Gasteiger partial charge on any atom is 0.0328 e. The van der Waals surface area contributed by atoms with Crippen molar-refractivity contribution in [2.24, 2.45) is 5.92 Å². The van der Waals surface area contributed by atoms with Gasteiger partial charge >= 0.3 is 0 Å². The Kier molecular flexibility index (Phi) is 6.35. The molecule has 108 valence electrons. The van der Waals surface area contributed by atoms with Gasteiger partial charge in [0.1, 0.15) is 0 Å². The minimum atomic E-state index is 0.954. The number of rotatable bonds is 8. The van der Waals surface area contributed by atoms with E-state index >= 15 is 0 Å². The van der Waals surface area contributed by atoms with Crippen molar-refractivity contribution in [3.63, 3.8) is 0 Å². The molecule has 1 unspecified atom stereocenters. The van der Waals surface area contributed by atoms with E-state index in [9.17, 15) is 0 Å². The first kappa shape index (κ1) is 15.0. The molecule has 1 aliphatic heterocycles. The molecule has 1 aromatic heterocycles. The molecule has 0 saturated carbocycles. The molecule has 2 nitrogen and oxygen atoms in total. The maximum absolute atomic E-state index is 3.48. The highest BCUT2D eigenvalue weighted by Crippen LogP contribution is 2.25. The Hall–Kier alpha value is -0.380. The lowest BCUT2D eigenvalue weighted by molar-refractivity contribution is 0.315. The van der Waals surface area contributed by atoms with Crippen molar-refractivity contribution in [1.82, 2.24) is 10.2 Å². The Balaban J connectivity index is 1.74. The van der Waals surface area contributed by atoms with Crippen LogP contribution in [0, 0.1) is 5.92 Å². The molecule has 1 fully saturated rings. The molecular weight excluding hydrogens is 252 g/mol. The average molecular weight is 280 g/mol. The SMILES string of the molecule is CCCNCc1ccc(CN2CCC(CCC)C2)s1. The van der Waals surface area contributed by atoms with Gasteiger partial charge in [-0.2, -0.15) is 0 Å². The monoisotopic (exact) mass is 280 g/mol. The van der Waals surface area contributed by atoms with Gasteiger partial charge in [0.2, 0.25) is 0 Å². The van der Waals surface area contributed by atoms with Crippen LogP contribution in [-0.4, -0.2) is 24.5 Å². The van der Waals surface area contributed by atoms with Crippen LogP contribution in [0.3, 0.4) is 0 Å². The van der Waals surface area contributed by atoms with Crippen LogP contribution in [0.15, 0.2) is 12.1 Å². The van der Waals surface area contributed by atoms with Gasteiger partial charge in [-0.25, -0.2) is 0 Å². The number of hydrogen-bond donors (Lipinski definition) is 1. The topological polar surface area (TPSA) is 15.3 Å². The van der Waals surface area contributed by atoms with E-state index < -0.39 is 0 Å². The summed E-state index contributed by atoms with van der Waals surface area (Å²) in [5.74, 6) is 0.954. The summed E-state index contributed by atoms with van der Waals surface area (Å²) in [6, 6.07) is 4.61. The predicted octanol–water partition coefficient (Wildman–Crippen LogP) is 3.87. The molecule has 2 rings (SSSR count). The second-order valence-corrected chi connectivity index (χ2v) is 6.98. The van der Waals surface area contributed by atoms with Crippen LogP contribution in [0.25, 0.3) is 0 Å². The fraction of sp³-hybridized carbons (Fsp3) is 0.750. The Bertz CT molecular complexity index is 361. The highest BCUT2D eigenvalue weighted by Gasteiger charge is 2.21. The average Bonchev–Trinajstić information content (AvgIpc) is 3.01. The Morgan fingerprint density at radius 3 is 2.89 bits per heavy atom. The van der Waals surface area contributed by atoms with Crippen LogP contribution in [0.2, 0.25) is 0 Å². The van der Waals surface area contributed by atoms with Gasteiger partial charge in [0, 0.05) is 29.4 Å². The molecule has 3 heteroatoms. The van der Waals surface area contributed by atoms with E-state index in [4.69, 9.17) is 0 Å². The van der Waals surface area contributed by atoms with Crippen molar-refractivity contribution in [1.29, 1.82) is 0 Å². The van der Waals surface area contributed by atoms with Crippen molar-refractivity contribution < 1.29 is 0 Å². The highest BCUT2D eigenvalue weighted by atomic mass is 32.1. The van der Waals surface area contributed by atoms with Gasteiger partial charge in [-0.15, -0.1) is 11.3 Å². The van der Waals surface area contributed by atoms with Crippen molar-refractivity contribution in [3.8, 4) is 0 Å². The largest absolute Gasteiger partial charge is 0.312 e. The summed E-state index contributed by atoms with van der Waals surface area (Å²) in [6.07, 6.45) is 5.37. The standard InChI is InChI=1S/C16H28N2S/c1-3-5-14-8-10-18(12-14)13-16-7-6-15(19-16)11-17-9-4-2/h6-7,14,17H,3-5,8-13H2,1-2H3. The maximum atomic E-state index is 3.48. The number of thiophene rings is 1. The van der Waals surface area contributed by atoms with Crippen LogP contribution in [0.4, 0.5) is 0 Å². The molecule has 1 aliphatic rings. The van der Waals surface area contributed by atoms with Crippen molar-refractivity contribution in [2.75, 3.05) is 19.6 Å². The zero-order chi connectivity index (χ0) is 13.5. The zero-order valence-electron chi connectivity index (χ0n) is 12.5. The molecule has 0 amide bonds. The molecule has 1 N–H and O–H groups in total. The predicted molar refractivity (Wildman–Crippen MR) is 84.6 cm³/mol. The molecule has 2 heterocycles. The summed E-state index contributed by atoms with van der Waals surface area (Å²) in [4.78, 5) is 5.65. The van der Waals surface area contributed by atoms with E-state index in [1.807, 2.05) is 11.3 Å². The second kappa shape index (κ2) is 8.03. The van der Waals surface area contributed by atoms with Gasteiger partial charge in [0.25, 0.3) is 0 Å². The second-order valence-electron chi connectivity index (χ2n) is 5.72. The van der Waals surface area contributed by atoms with Crippen LogP contribution >= 0.6 is 11.3 Å². The molecule has 1 aromatic rings. The van der Waals surface area contributed by atoms with Crippen LogP contribution in [0.1, 0.15) is 49.3 Å². The van der Waals surface area contributed by atoms with Gasteiger partial charge < -0.3 is 5.32 Å². The Morgan fingerprint density at radius 2 is 2.11 bits per heavy atom. The molecule has 0 bridgehead atoms. The lowest BCUT2D eigenvalue weighted by Gasteiger charge is -2.14. The van der Waals surface area contributed by atoms with Crippen LogP contribution < -0.4 is 5.32 Å². The minimum absolute atomic E-state index is 0.954. The molecule has 0 aromatic carbocycles. The number of hydrogen-bond acceptors (Lipinski definition) is 3. The lowest BCUT2D eigenvalue weighted by atomic mass is 10.0. The smallest absolute Gasteiger partial charge is 0.0328 e. The first-order valence-corrected chi connectivity index (χ1v) is 8.64. The molecular formula is C16H28N2S. The van der Waals surface area contributed by atoms with E-state index in [1.165, 1.54) is 55.1 Å². The van der Waals surface area contributed by atoms with Crippen LogP contribution in [-0.2, 0) is 13.1 Å². The fourth-order valence-corrected chi connectivity index (χ4v) is 3.94. The number of nitrogens with zero attached hydrogens (tertiary/aromatic N) is 1. The van der Waals surface area contributed by atoms with E-state index in [0.29, 0.717) is 0 Å². The van der Waals surface area contributed by atoms with Crippen molar-refractivity contribution in [2.45, 2.75) is 52.6 Å². The Labute approximate surface area is 122 Å². The quantitative estimate of drug-likeness (QED) is 0.727. The molecule has 0 aliphatic carbocycles. The van der Waals surface area contributed by atoms with E-state index in [1.54, 1.807) is 0 Å². The zero-order valence-corrected chi connectivity index (χ0v) is 13.3. The summed E-state index contributed by atoms with van der Waals surface area (Å²) in [7, 11) is 0. The third-order valence-corrected chi connectivity index (χ3v) is 4.96. The summed E-state index contributed by atoms with van der Waals surface area (Å²) >= 11 is 1.98. The van der Waals surface area contributed by atoms with Gasteiger partial charge in [-0.3, -0.25) is 4.90 Å². The fourth-order valence-electron chi connectivity index (χ4n) is 2.91. The molecule has 0 radical (unpaired) electrons. The van der Waals surface area contributed by atoms with E-state index in [2.05, 4.69) is 36.2 Å². The summed E-state index contributed by atoms with van der Waals surface area (Å²) in [5, 5.41) is 3.48. The van der Waals surface area contributed by atoms with Crippen molar-refractivity contribution >= 4 is 11.3 Å². The number of nitrogens with one attached hydrogen (secondary N) is 1. The van der Waals surface area contributed by atoms with Crippen molar-refractivity contribution in [3.05, 3.63) is 21.9 Å². The number of likely N-dealkylation sites (tertiary alicyclic amines) is 1. The van der Waals surface area contributed by atoms with E-state index in [-0.39, 0.29) is 0 Å². The van der Waals surface area contributed by atoms with Gasteiger partial charge in [0.15, 0.2) is 0 Å². The van der Waals surface area contributed by atoms with Gasteiger partial charge in [0.05, 0.1) is 0 Å². The first-order valence-electron chi connectivity index (χ1n) is 7.82.